The zero-order valence-electron chi connectivity index (χ0n) is 10.8. The van der Waals surface area contributed by atoms with Gasteiger partial charge in [-0.05, 0) is 29.7 Å². The number of carbonyl (C=O) groups is 1. The van der Waals surface area contributed by atoms with Gasteiger partial charge in [-0.1, -0.05) is 36.4 Å². The number of hydrogen-bond acceptors (Lipinski definition) is 2. The molecule has 0 saturated carbocycles. The second-order valence-corrected chi connectivity index (χ2v) is 4.71. The van der Waals surface area contributed by atoms with Gasteiger partial charge < -0.3 is 9.64 Å². The van der Waals surface area contributed by atoms with Gasteiger partial charge in [-0.15, -0.1) is 0 Å². The van der Waals surface area contributed by atoms with Gasteiger partial charge in [-0.3, -0.25) is 4.79 Å². The van der Waals surface area contributed by atoms with Crippen molar-refractivity contribution in [3.05, 3.63) is 59.7 Å². The largest absolute Gasteiger partial charge is 0.482 e. The van der Waals surface area contributed by atoms with Crippen LogP contribution in [0.25, 0.3) is 0 Å². The van der Waals surface area contributed by atoms with E-state index in [0.717, 1.165) is 17.9 Å². The smallest absolute Gasteiger partial charge is 0.264 e. The van der Waals surface area contributed by atoms with Crippen LogP contribution in [0.15, 0.2) is 48.5 Å². The number of nitrogens with zero attached hydrogens (tertiary/aromatic N) is 1. The van der Waals surface area contributed by atoms with E-state index in [1.807, 2.05) is 36.4 Å². The lowest BCUT2D eigenvalue weighted by Crippen LogP contribution is -2.35. The van der Waals surface area contributed by atoms with Crippen molar-refractivity contribution in [1.29, 1.82) is 0 Å². The molecule has 2 aromatic carbocycles. The molecule has 0 N–H and O–H groups in total. The summed E-state index contributed by atoms with van der Waals surface area (Å²) in [6.45, 7) is 0.123. The van der Waals surface area contributed by atoms with Crippen molar-refractivity contribution < 1.29 is 9.53 Å². The summed E-state index contributed by atoms with van der Waals surface area (Å²) in [4.78, 5) is 13.2. The highest BCUT2D eigenvalue weighted by Gasteiger charge is 2.21. The Labute approximate surface area is 112 Å². The second-order valence-electron chi connectivity index (χ2n) is 4.71. The first-order chi connectivity index (χ1) is 9.24. The number of anilines is 1. The highest BCUT2D eigenvalue weighted by molar-refractivity contribution is 5.97. The van der Waals surface area contributed by atoms with Crippen LogP contribution in [-0.2, 0) is 11.2 Å². The molecular weight excluding hydrogens is 238 g/mol. The molecule has 0 saturated heterocycles. The van der Waals surface area contributed by atoms with E-state index in [2.05, 4.69) is 12.1 Å². The molecule has 3 rings (SSSR count). The number of hydrogen-bond donors (Lipinski definition) is 0. The van der Waals surface area contributed by atoms with E-state index >= 15 is 0 Å². The normalized spacial score (nSPS) is 13.9. The van der Waals surface area contributed by atoms with Gasteiger partial charge >= 0.3 is 0 Å². The molecule has 0 spiro atoms. The lowest BCUT2D eigenvalue weighted by Gasteiger charge is -2.26. The molecule has 1 heterocycles. The topological polar surface area (TPSA) is 29.5 Å². The highest BCUT2D eigenvalue weighted by Crippen LogP contribution is 2.32. The third kappa shape index (κ3) is 2.32. The van der Waals surface area contributed by atoms with Crippen molar-refractivity contribution in [2.24, 2.45) is 0 Å². The Morgan fingerprint density at radius 3 is 2.68 bits per heavy atom. The second kappa shape index (κ2) is 4.76. The Bertz CT molecular complexity index is 607. The summed E-state index contributed by atoms with van der Waals surface area (Å²) in [6.07, 6.45) is 0.870. The summed E-state index contributed by atoms with van der Waals surface area (Å²) in [7, 11) is 1.78. The Hall–Kier alpha value is -2.29. The number of carbonyl (C=O) groups excluding carboxylic acids is 1. The van der Waals surface area contributed by atoms with Gasteiger partial charge in [0.25, 0.3) is 5.91 Å². The number of benzene rings is 2. The Morgan fingerprint density at radius 1 is 1.11 bits per heavy atom. The zero-order chi connectivity index (χ0) is 13.2. The first-order valence-corrected chi connectivity index (χ1v) is 6.30. The van der Waals surface area contributed by atoms with Crippen molar-refractivity contribution >= 4 is 11.6 Å². The number of ether oxygens (including phenoxy) is 1. The number of amides is 1. The molecule has 1 amide bonds. The van der Waals surface area contributed by atoms with E-state index in [1.54, 1.807) is 11.9 Å². The van der Waals surface area contributed by atoms with Crippen LogP contribution in [0.3, 0.4) is 0 Å². The summed E-state index contributed by atoms with van der Waals surface area (Å²) < 4.78 is 5.49. The highest BCUT2D eigenvalue weighted by atomic mass is 16.5. The molecule has 96 valence electrons. The van der Waals surface area contributed by atoms with E-state index in [4.69, 9.17) is 4.74 Å². The van der Waals surface area contributed by atoms with Crippen LogP contribution in [0.1, 0.15) is 11.1 Å². The molecule has 0 aromatic heterocycles. The molecule has 3 heteroatoms. The van der Waals surface area contributed by atoms with Crippen LogP contribution in [-0.4, -0.2) is 19.6 Å². The molecule has 0 bridgehead atoms. The maximum absolute atomic E-state index is 11.5. The molecule has 0 atom stereocenters. The Morgan fingerprint density at radius 2 is 1.89 bits per heavy atom. The average molecular weight is 253 g/mol. The zero-order valence-corrected chi connectivity index (χ0v) is 10.8. The van der Waals surface area contributed by atoms with E-state index in [9.17, 15) is 4.79 Å². The van der Waals surface area contributed by atoms with E-state index in [-0.39, 0.29) is 12.5 Å². The van der Waals surface area contributed by atoms with Crippen LogP contribution in [0, 0.1) is 0 Å². The van der Waals surface area contributed by atoms with Crippen molar-refractivity contribution in [2.75, 3.05) is 18.6 Å². The summed E-state index contributed by atoms with van der Waals surface area (Å²) in [5.41, 5.74) is 3.29. The minimum atomic E-state index is -0.0108. The van der Waals surface area contributed by atoms with Crippen molar-refractivity contribution in [2.45, 2.75) is 6.42 Å². The van der Waals surface area contributed by atoms with Crippen molar-refractivity contribution in [3.63, 3.8) is 0 Å². The molecule has 0 aliphatic carbocycles. The van der Waals surface area contributed by atoms with Crippen LogP contribution in [0.5, 0.6) is 5.75 Å². The van der Waals surface area contributed by atoms with Gasteiger partial charge in [-0.2, -0.15) is 0 Å². The van der Waals surface area contributed by atoms with E-state index < -0.39 is 0 Å². The first kappa shape index (κ1) is 11.8. The van der Waals surface area contributed by atoms with Crippen molar-refractivity contribution in [1.82, 2.24) is 0 Å². The molecule has 1 aliphatic heterocycles. The fourth-order valence-corrected chi connectivity index (χ4v) is 2.26. The van der Waals surface area contributed by atoms with Gasteiger partial charge in [0.1, 0.15) is 5.75 Å². The predicted octanol–water partition coefficient (Wildman–Crippen LogP) is 2.63. The first-order valence-electron chi connectivity index (χ1n) is 6.30. The van der Waals surface area contributed by atoms with Crippen LogP contribution < -0.4 is 9.64 Å². The molecule has 1 aliphatic rings. The fraction of sp³-hybridized carbons (Fsp3) is 0.188. The number of likely N-dealkylation sites (N-methyl/N-ethyl adjacent to an activating group) is 1. The summed E-state index contributed by atoms with van der Waals surface area (Å²) in [5, 5.41) is 0. The molecular formula is C16H15NO2. The Balaban J connectivity index is 1.88. The molecule has 19 heavy (non-hydrogen) atoms. The molecule has 0 radical (unpaired) electrons. The van der Waals surface area contributed by atoms with Gasteiger partial charge in [-0.25, -0.2) is 0 Å². The number of rotatable bonds is 2. The van der Waals surface area contributed by atoms with Gasteiger partial charge in [0.2, 0.25) is 0 Å². The molecule has 2 aromatic rings. The minimum Gasteiger partial charge on any atom is -0.482 e. The Kier molecular flexibility index (Phi) is 2.95. The lowest BCUT2D eigenvalue weighted by atomic mass is 10.0. The van der Waals surface area contributed by atoms with Gasteiger partial charge in [0.05, 0.1) is 5.69 Å². The monoisotopic (exact) mass is 253 g/mol. The number of fused-ring (bicyclic) bond motifs is 1. The summed E-state index contributed by atoms with van der Waals surface area (Å²) in [6, 6.07) is 16.3. The average Bonchev–Trinajstić information content (AvgIpc) is 2.44. The third-order valence-corrected chi connectivity index (χ3v) is 3.36. The molecule has 0 fully saturated rings. The molecule has 3 nitrogen and oxygen atoms in total. The molecule has 0 unspecified atom stereocenters. The van der Waals surface area contributed by atoms with Crippen LogP contribution >= 0.6 is 0 Å². The maximum Gasteiger partial charge on any atom is 0.264 e. The quantitative estimate of drug-likeness (QED) is 0.823. The van der Waals surface area contributed by atoms with Crippen molar-refractivity contribution in [3.8, 4) is 5.75 Å². The van der Waals surface area contributed by atoms with Gasteiger partial charge in [0, 0.05) is 7.05 Å². The fourth-order valence-electron chi connectivity index (χ4n) is 2.26. The van der Waals surface area contributed by atoms with Crippen LogP contribution in [0.2, 0.25) is 0 Å². The summed E-state index contributed by atoms with van der Waals surface area (Å²) in [5.74, 6) is 0.777. The minimum absolute atomic E-state index is 0.0108. The SMILES string of the molecule is CN1C(=O)COc2cc(Cc3ccccc3)ccc21. The maximum atomic E-state index is 11.5. The van der Waals surface area contributed by atoms with Crippen LogP contribution in [0.4, 0.5) is 5.69 Å². The standard InChI is InChI=1S/C16H15NO2/c1-17-14-8-7-13(9-12-5-3-2-4-6-12)10-15(14)19-11-16(17)18/h2-8,10H,9,11H2,1H3. The lowest BCUT2D eigenvalue weighted by molar-refractivity contribution is -0.120. The van der Waals surface area contributed by atoms with E-state index in [0.29, 0.717) is 0 Å². The van der Waals surface area contributed by atoms with E-state index in [1.165, 1.54) is 11.1 Å². The van der Waals surface area contributed by atoms with Gasteiger partial charge in [0.15, 0.2) is 6.61 Å². The predicted molar refractivity (Wildman–Crippen MR) is 74.6 cm³/mol. The summed E-state index contributed by atoms with van der Waals surface area (Å²) >= 11 is 0. The third-order valence-electron chi connectivity index (χ3n) is 3.36.